The summed E-state index contributed by atoms with van der Waals surface area (Å²) in [6, 6.07) is 1.13. The Labute approximate surface area is 84.6 Å². The first-order valence-electron chi connectivity index (χ1n) is 5.85. The van der Waals surface area contributed by atoms with Crippen molar-refractivity contribution in [3.05, 3.63) is 0 Å². The van der Waals surface area contributed by atoms with E-state index in [1.807, 2.05) is 0 Å². The average molecular weight is 194 g/mol. The Morgan fingerprint density at radius 1 is 1.21 bits per heavy atom. The maximum Gasteiger partial charge on any atom is 0.226 e. The van der Waals surface area contributed by atoms with Crippen LogP contribution in [0, 0.1) is 5.92 Å². The molecular weight excluding hydrogens is 176 g/mol. The molecule has 3 heteroatoms. The third kappa shape index (κ3) is 1.05. The number of hydrogen-bond acceptors (Lipinski definition) is 2. The van der Waals surface area contributed by atoms with E-state index in [9.17, 15) is 4.79 Å². The minimum Gasteiger partial charge on any atom is -0.335 e. The number of carbonyl (C=O) groups excluding carboxylic acids is 1. The molecule has 2 bridgehead atoms. The van der Waals surface area contributed by atoms with Gasteiger partial charge >= 0.3 is 0 Å². The molecule has 3 nitrogen and oxygen atoms in total. The maximum atomic E-state index is 12.1. The lowest BCUT2D eigenvalue weighted by Gasteiger charge is -2.32. The van der Waals surface area contributed by atoms with Gasteiger partial charge in [-0.2, -0.15) is 0 Å². The van der Waals surface area contributed by atoms with Gasteiger partial charge in [0, 0.05) is 24.0 Å². The first-order chi connectivity index (χ1) is 6.77. The zero-order chi connectivity index (χ0) is 9.71. The second kappa shape index (κ2) is 2.96. The van der Waals surface area contributed by atoms with E-state index in [1.165, 1.54) is 12.8 Å². The van der Waals surface area contributed by atoms with Gasteiger partial charge in [0.25, 0.3) is 0 Å². The molecule has 3 fully saturated rings. The van der Waals surface area contributed by atoms with Crippen LogP contribution in [0.25, 0.3) is 0 Å². The normalized spacial score (nSPS) is 41.5. The first kappa shape index (κ1) is 8.72. The lowest BCUT2D eigenvalue weighted by molar-refractivity contribution is -0.139. The van der Waals surface area contributed by atoms with Crippen LogP contribution in [0.4, 0.5) is 0 Å². The lowest BCUT2D eigenvalue weighted by atomic mass is 9.84. The van der Waals surface area contributed by atoms with Gasteiger partial charge in [-0.1, -0.05) is 6.42 Å². The average Bonchev–Trinajstić information content (AvgIpc) is 2.56. The van der Waals surface area contributed by atoms with Crippen molar-refractivity contribution >= 4 is 5.91 Å². The van der Waals surface area contributed by atoms with Crippen molar-refractivity contribution in [2.75, 3.05) is 0 Å². The van der Waals surface area contributed by atoms with Crippen LogP contribution < -0.4 is 5.73 Å². The Morgan fingerprint density at radius 3 is 2.43 bits per heavy atom. The van der Waals surface area contributed by atoms with Crippen LogP contribution in [0.2, 0.25) is 0 Å². The zero-order valence-electron chi connectivity index (χ0n) is 8.48. The fraction of sp³-hybridized carbons (Fsp3) is 0.909. The topological polar surface area (TPSA) is 46.3 Å². The summed E-state index contributed by atoms with van der Waals surface area (Å²) in [7, 11) is 0. The SMILES string of the molecule is NC1CC2CCC1N2C(=O)C1CCC1. The van der Waals surface area contributed by atoms with Crippen LogP contribution in [-0.4, -0.2) is 28.9 Å². The predicted octanol–water partition coefficient (Wildman–Crippen LogP) is 0.877. The molecule has 1 amide bonds. The first-order valence-corrected chi connectivity index (χ1v) is 5.85. The molecule has 14 heavy (non-hydrogen) atoms. The minimum atomic E-state index is 0.262. The van der Waals surface area contributed by atoms with Crippen LogP contribution in [-0.2, 0) is 4.79 Å². The molecule has 0 aromatic heterocycles. The number of nitrogens with zero attached hydrogens (tertiary/aromatic N) is 1. The van der Waals surface area contributed by atoms with E-state index in [0.29, 0.717) is 23.9 Å². The highest BCUT2D eigenvalue weighted by Crippen LogP contribution is 2.40. The van der Waals surface area contributed by atoms with Crippen LogP contribution in [0.3, 0.4) is 0 Å². The molecule has 2 saturated heterocycles. The Hall–Kier alpha value is -0.570. The van der Waals surface area contributed by atoms with E-state index in [1.54, 1.807) is 0 Å². The van der Waals surface area contributed by atoms with E-state index in [-0.39, 0.29) is 6.04 Å². The Morgan fingerprint density at radius 2 is 2.00 bits per heavy atom. The highest BCUT2D eigenvalue weighted by atomic mass is 16.2. The number of amides is 1. The number of fused-ring (bicyclic) bond motifs is 2. The molecular formula is C11H18N2O. The van der Waals surface area contributed by atoms with E-state index >= 15 is 0 Å². The van der Waals surface area contributed by atoms with Gasteiger partial charge in [0.1, 0.15) is 0 Å². The highest BCUT2D eigenvalue weighted by molar-refractivity contribution is 5.81. The Balaban J connectivity index is 1.75. The number of hydrogen-bond donors (Lipinski definition) is 1. The van der Waals surface area contributed by atoms with Crippen LogP contribution >= 0.6 is 0 Å². The molecule has 0 aromatic carbocycles. The summed E-state index contributed by atoms with van der Waals surface area (Å²) in [5.74, 6) is 0.764. The van der Waals surface area contributed by atoms with Crippen molar-refractivity contribution in [2.45, 2.75) is 56.7 Å². The van der Waals surface area contributed by atoms with Crippen LogP contribution in [0.1, 0.15) is 38.5 Å². The van der Waals surface area contributed by atoms with E-state index in [0.717, 1.165) is 25.7 Å². The van der Waals surface area contributed by atoms with Crippen molar-refractivity contribution < 1.29 is 4.79 Å². The summed E-state index contributed by atoms with van der Waals surface area (Å²) in [5.41, 5.74) is 6.01. The largest absolute Gasteiger partial charge is 0.335 e. The second-order valence-corrected chi connectivity index (χ2v) is 5.07. The molecule has 1 saturated carbocycles. The molecule has 2 aliphatic heterocycles. The summed E-state index contributed by atoms with van der Waals surface area (Å²) in [6.07, 6.45) is 6.85. The van der Waals surface area contributed by atoms with E-state index < -0.39 is 0 Å². The molecule has 0 aromatic rings. The molecule has 3 aliphatic rings. The monoisotopic (exact) mass is 194 g/mol. The number of carbonyl (C=O) groups is 1. The molecule has 1 aliphatic carbocycles. The van der Waals surface area contributed by atoms with E-state index in [2.05, 4.69) is 4.90 Å². The summed E-state index contributed by atoms with van der Waals surface area (Å²) in [4.78, 5) is 14.2. The van der Waals surface area contributed by atoms with Gasteiger partial charge in [-0.3, -0.25) is 4.79 Å². The number of rotatable bonds is 1. The third-order valence-electron chi connectivity index (χ3n) is 4.29. The van der Waals surface area contributed by atoms with Crippen molar-refractivity contribution in [2.24, 2.45) is 11.7 Å². The van der Waals surface area contributed by atoms with E-state index in [4.69, 9.17) is 5.73 Å². The van der Waals surface area contributed by atoms with Crippen molar-refractivity contribution in [1.82, 2.24) is 4.90 Å². The molecule has 0 radical (unpaired) electrons. The second-order valence-electron chi connectivity index (χ2n) is 5.07. The summed E-state index contributed by atoms with van der Waals surface area (Å²) >= 11 is 0. The Bertz CT molecular complexity index is 262. The lowest BCUT2D eigenvalue weighted by Crippen LogP contribution is -2.44. The van der Waals surface area contributed by atoms with Crippen LogP contribution in [0.5, 0.6) is 0 Å². The Kier molecular flexibility index (Phi) is 1.84. The van der Waals surface area contributed by atoms with Gasteiger partial charge < -0.3 is 10.6 Å². The quantitative estimate of drug-likeness (QED) is 0.673. The van der Waals surface area contributed by atoms with Gasteiger partial charge in [-0.15, -0.1) is 0 Å². The molecule has 3 rings (SSSR count). The van der Waals surface area contributed by atoms with Gasteiger partial charge in [-0.05, 0) is 32.1 Å². The van der Waals surface area contributed by atoms with Crippen LogP contribution in [0.15, 0.2) is 0 Å². The number of nitrogens with two attached hydrogens (primary N) is 1. The molecule has 2 N–H and O–H groups in total. The van der Waals surface area contributed by atoms with Crippen molar-refractivity contribution in [3.63, 3.8) is 0 Å². The molecule has 3 atom stereocenters. The maximum absolute atomic E-state index is 12.1. The van der Waals surface area contributed by atoms with Gasteiger partial charge in [0.05, 0.1) is 0 Å². The smallest absolute Gasteiger partial charge is 0.226 e. The standard InChI is InChI=1S/C11H18N2O/c12-9-6-8-4-5-10(9)13(8)11(14)7-2-1-3-7/h7-10H,1-6,12H2. The zero-order valence-corrected chi connectivity index (χ0v) is 8.48. The van der Waals surface area contributed by atoms with Gasteiger partial charge in [0.15, 0.2) is 0 Å². The molecule has 0 spiro atoms. The summed E-state index contributed by atoms with van der Waals surface area (Å²) in [5, 5.41) is 0. The highest BCUT2D eigenvalue weighted by Gasteiger charge is 2.48. The van der Waals surface area contributed by atoms with Gasteiger partial charge in [0.2, 0.25) is 5.91 Å². The molecule has 2 heterocycles. The summed E-state index contributed by atoms with van der Waals surface area (Å²) in [6.45, 7) is 0. The fourth-order valence-corrected chi connectivity index (χ4v) is 3.24. The molecule has 3 unspecified atom stereocenters. The third-order valence-corrected chi connectivity index (χ3v) is 4.29. The van der Waals surface area contributed by atoms with Crippen molar-refractivity contribution in [3.8, 4) is 0 Å². The fourth-order valence-electron chi connectivity index (χ4n) is 3.24. The van der Waals surface area contributed by atoms with Crippen molar-refractivity contribution in [1.29, 1.82) is 0 Å². The molecule has 78 valence electrons. The predicted molar refractivity (Wildman–Crippen MR) is 53.6 cm³/mol. The summed E-state index contributed by atoms with van der Waals surface area (Å²) < 4.78 is 0. The van der Waals surface area contributed by atoms with Gasteiger partial charge in [-0.25, -0.2) is 0 Å². The minimum absolute atomic E-state index is 0.262.